The predicted octanol–water partition coefficient (Wildman–Crippen LogP) is 8.82. The van der Waals surface area contributed by atoms with Crippen LogP contribution in [0.1, 0.15) is 241 Å². The van der Waals surface area contributed by atoms with Crippen LogP contribution in [0.4, 0.5) is 0 Å². The van der Waals surface area contributed by atoms with E-state index in [1.165, 1.54) is 198 Å². The van der Waals surface area contributed by atoms with Gasteiger partial charge < -0.3 is 37.2 Å². The van der Waals surface area contributed by atoms with Crippen LogP contribution in [0.25, 0.3) is 0 Å². The van der Waals surface area contributed by atoms with Crippen LogP contribution < -0.4 is 52.8 Å². The van der Waals surface area contributed by atoms with Gasteiger partial charge in [-0.1, -0.05) is 41.5 Å². The second-order valence-electron chi connectivity index (χ2n) is 21.2. The summed E-state index contributed by atoms with van der Waals surface area (Å²) >= 11 is 2.48. The van der Waals surface area contributed by atoms with Gasteiger partial charge in [0.2, 0.25) is 0 Å². The molecule has 5 rings (SSSR count). The van der Waals surface area contributed by atoms with E-state index in [-0.39, 0.29) is 37.2 Å². The predicted molar refractivity (Wildman–Crippen MR) is 301 cm³/mol. The van der Waals surface area contributed by atoms with Gasteiger partial charge in [0.05, 0.1) is 0 Å². The van der Waals surface area contributed by atoms with Crippen LogP contribution >= 0.6 is 0 Å². The molecule has 1 aliphatic carbocycles. The summed E-state index contributed by atoms with van der Waals surface area (Å²) in [5, 5.41) is 6.71. The van der Waals surface area contributed by atoms with Crippen molar-refractivity contribution in [2.45, 2.75) is 247 Å². The van der Waals surface area contributed by atoms with E-state index in [4.69, 9.17) is 0 Å². The van der Waals surface area contributed by atoms with Crippen LogP contribution in [0, 0.1) is 0 Å². The Kier molecular flexibility index (Phi) is 34.8. The van der Waals surface area contributed by atoms with E-state index in [1.807, 2.05) is 0 Å². The Labute approximate surface area is 469 Å². The van der Waals surface area contributed by atoms with E-state index in [0.717, 1.165) is 12.8 Å². The number of aryl methyl sites for hydroxylation is 6. The smallest absolute Gasteiger partial charge is 1.00 e. The summed E-state index contributed by atoms with van der Waals surface area (Å²) in [6.07, 6.45) is 43.4. The molecule has 0 saturated heterocycles. The number of hydrogen-bond donors (Lipinski definition) is 0. The molecule has 0 nitrogen and oxygen atoms in total. The fourth-order valence-electron chi connectivity index (χ4n) is 11.3. The van der Waals surface area contributed by atoms with Crippen molar-refractivity contribution >= 4 is 23.6 Å². The zero-order chi connectivity index (χ0) is 48.2. The van der Waals surface area contributed by atoms with Crippen molar-refractivity contribution in [2.24, 2.45) is 0 Å². The number of halogens is 3. The molecule has 4 aromatic rings. The molecule has 0 aromatic heterocycles. The van der Waals surface area contributed by atoms with Gasteiger partial charge in [-0.05, 0) is 0 Å². The van der Waals surface area contributed by atoms with Crippen LogP contribution in [0.3, 0.4) is 0 Å². The van der Waals surface area contributed by atoms with Gasteiger partial charge in [-0.3, -0.25) is 0 Å². The monoisotopic (exact) mass is 1070 g/mol. The van der Waals surface area contributed by atoms with E-state index in [2.05, 4.69) is 153 Å². The van der Waals surface area contributed by atoms with E-state index < -0.39 is 8.07 Å². The molecule has 0 unspecified atom stereocenters. The molecule has 0 bridgehead atoms. The summed E-state index contributed by atoms with van der Waals surface area (Å²) in [5.41, 5.74) is 12.6. The Balaban J connectivity index is 0.00000576. The molecule has 0 N–H and O–H groups in total. The van der Waals surface area contributed by atoms with Gasteiger partial charge in [-0.25, -0.2) is 0 Å². The van der Waals surface area contributed by atoms with Gasteiger partial charge in [0.1, 0.15) is 0 Å². The molecule has 5 heteroatoms. The summed E-state index contributed by atoms with van der Waals surface area (Å²) in [5.74, 6) is 0. The fourth-order valence-corrected chi connectivity index (χ4v) is 17.4. The van der Waals surface area contributed by atoms with Gasteiger partial charge in [0.25, 0.3) is 0 Å². The average molecular weight is 1070 g/mol. The molecule has 0 atom stereocenters. The van der Waals surface area contributed by atoms with Crippen molar-refractivity contribution in [1.29, 1.82) is 0 Å². The number of rotatable bonds is 36. The maximum Gasteiger partial charge on any atom is -1.00 e. The Morgan fingerprint density at radius 3 is 0.901 bits per heavy atom. The summed E-state index contributed by atoms with van der Waals surface area (Å²) in [7, 11) is -2.96. The quantitative estimate of drug-likeness (QED) is 0.0243. The van der Waals surface area contributed by atoms with Crippen LogP contribution in [0.2, 0.25) is 0 Å². The normalized spacial score (nSPS) is 12.4. The van der Waals surface area contributed by atoms with Crippen LogP contribution in [0.15, 0.2) is 106 Å². The molecule has 71 heavy (non-hydrogen) atoms. The third-order valence-electron chi connectivity index (χ3n) is 15.2. The van der Waals surface area contributed by atoms with Gasteiger partial charge in [-0.2, -0.15) is 0 Å². The molecule has 390 valence electrons. The average Bonchev–Trinajstić information content (AvgIpc) is 3.71. The van der Waals surface area contributed by atoms with E-state index in [1.54, 1.807) is 63.6 Å². The second-order valence-corrected chi connectivity index (χ2v) is 25.9. The van der Waals surface area contributed by atoms with E-state index in [9.17, 15) is 0 Å². The minimum atomic E-state index is -2.96. The van der Waals surface area contributed by atoms with Crippen LogP contribution in [-0.2, 0) is 65.4 Å². The number of unbranched alkanes of at least 4 members (excludes halogenated alkanes) is 18. The van der Waals surface area contributed by atoms with Crippen molar-refractivity contribution < 1.29 is 57.7 Å². The molecule has 0 saturated carbocycles. The van der Waals surface area contributed by atoms with Gasteiger partial charge in [0.15, 0.2) is 0 Å². The van der Waals surface area contributed by atoms with E-state index in [0.29, 0.717) is 0 Å². The zero-order valence-electron chi connectivity index (χ0n) is 45.9. The van der Waals surface area contributed by atoms with Crippen LogP contribution in [0.5, 0.6) is 0 Å². The number of benzene rings is 4. The van der Waals surface area contributed by atoms with Crippen LogP contribution in [-0.4, -0.2) is 8.07 Å². The van der Waals surface area contributed by atoms with Crippen molar-refractivity contribution in [2.75, 3.05) is 0 Å². The molecule has 0 radical (unpaired) electrons. The zero-order valence-corrected chi connectivity index (χ0v) is 50.8. The molecule has 0 heterocycles. The maximum absolute atomic E-state index is 2.96. The Bertz CT molecular complexity index is 1840. The third kappa shape index (κ3) is 21.0. The molecular formula is C66H97Cl3SiTi. The largest absolute Gasteiger partial charge is 1.00 e. The van der Waals surface area contributed by atoms with Crippen molar-refractivity contribution in [3.8, 4) is 0 Å². The topological polar surface area (TPSA) is 0 Å². The first-order chi connectivity index (χ1) is 33.4. The number of allylic oxidation sites excluding steroid dienone is 4. The Hall–Kier alpha value is -1.84. The van der Waals surface area contributed by atoms with Crippen molar-refractivity contribution in [3.05, 3.63) is 145 Å². The minimum absolute atomic E-state index is 0. The molecule has 0 aliphatic heterocycles. The second kappa shape index (κ2) is 37.8. The molecule has 4 aromatic carbocycles. The Morgan fingerprint density at radius 1 is 0.352 bits per heavy atom. The Morgan fingerprint density at radius 2 is 0.634 bits per heavy atom. The third-order valence-corrected chi connectivity index (χ3v) is 20.8. The summed E-state index contributed by atoms with van der Waals surface area (Å²) < 4.78 is 1.59. The van der Waals surface area contributed by atoms with Gasteiger partial charge >= 0.3 is 394 Å². The van der Waals surface area contributed by atoms with Crippen molar-refractivity contribution in [1.82, 2.24) is 0 Å². The summed E-state index contributed by atoms with van der Waals surface area (Å²) in [6, 6.07) is 36.4. The maximum atomic E-state index is 2.81. The first-order valence-electron chi connectivity index (χ1n) is 29.0. The van der Waals surface area contributed by atoms with Crippen molar-refractivity contribution in [3.63, 3.8) is 0 Å². The summed E-state index contributed by atoms with van der Waals surface area (Å²) in [4.78, 5) is 0. The fraction of sp³-hybridized carbons (Fsp3) is 0.576. The molecule has 0 fully saturated rings. The first-order valence-corrected chi connectivity index (χ1v) is 31.8. The van der Waals surface area contributed by atoms with Gasteiger partial charge in [-0.15, -0.1) is 0 Å². The first kappa shape index (κ1) is 65.3. The minimum Gasteiger partial charge on any atom is -1.00 e. The SMILES string of the molecule is CCCCCCc1cc(CCCCCC)cc([Si](C2=CC[C]([Ti+3])=C2Cc2ccccc2)(c2cc(CCCCCC)cc(CCCCCC)c2)c2cc(CCCCCC)cc(CCCCCC)c2)c1.[Cl-].[Cl-].[Cl-]. The molecule has 1 aliphatic rings. The van der Waals surface area contributed by atoms with Gasteiger partial charge in [0, 0.05) is 0 Å². The molecule has 0 amide bonds. The molecular weight excluding hydrogens is 975 g/mol. The van der Waals surface area contributed by atoms with E-state index >= 15 is 0 Å². The number of hydrogen-bond acceptors (Lipinski definition) is 0. The molecule has 0 spiro atoms. The summed E-state index contributed by atoms with van der Waals surface area (Å²) in [6.45, 7) is 14.2. The standard InChI is InChI=1S/C66H97Si.3ClH.Ti/c1-7-13-19-26-37-56-45-57(38-27-20-14-8-2)50-63(49-56)67(66-44-34-43-62(66)48-55-35-32-25-33-36-55,64-51-58(39-28-21-15-9-3)46-59(52-64)40-29-22-16-10-4)65-53-60(41-30-23-17-11-5)47-61(54-65)42-31-24-18-12-6;;;;/h25,32-33,35-36,44-47,49-54H,7-24,26-31,34,37-42,48H2,1-6H3;3*1H;/q;;;;+3/p-3.